The van der Waals surface area contributed by atoms with Crippen molar-refractivity contribution in [1.82, 2.24) is 5.32 Å². The Morgan fingerprint density at radius 1 is 1.24 bits per heavy atom. The molecule has 0 aliphatic carbocycles. The summed E-state index contributed by atoms with van der Waals surface area (Å²) in [5, 5.41) is 11.7. The minimum Gasteiger partial charge on any atom is -0.480 e. The molecule has 5 nitrogen and oxygen atoms in total. The van der Waals surface area contributed by atoms with Crippen molar-refractivity contribution in [3.8, 4) is 0 Å². The maximum absolute atomic E-state index is 11.7. The van der Waals surface area contributed by atoms with Crippen LogP contribution >= 0.6 is 0 Å². The van der Waals surface area contributed by atoms with E-state index in [1.807, 2.05) is 37.3 Å². The van der Waals surface area contributed by atoms with Gasteiger partial charge in [0.1, 0.15) is 6.04 Å². The van der Waals surface area contributed by atoms with E-state index in [0.717, 1.165) is 12.0 Å². The van der Waals surface area contributed by atoms with Crippen molar-refractivity contribution in [1.29, 1.82) is 0 Å². The summed E-state index contributed by atoms with van der Waals surface area (Å²) in [5.74, 6) is -1.29. The van der Waals surface area contributed by atoms with Crippen molar-refractivity contribution >= 4 is 11.9 Å². The van der Waals surface area contributed by atoms with Crippen LogP contribution in [0.2, 0.25) is 0 Å². The number of aliphatic carboxylic acids is 1. The molecule has 1 aromatic rings. The van der Waals surface area contributed by atoms with Gasteiger partial charge in [-0.3, -0.25) is 4.79 Å². The minimum absolute atomic E-state index is 0.190. The summed E-state index contributed by atoms with van der Waals surface area (Å²) in [7, 11) is 0. The summed E-state index contributed by atoms with van der Waals surface area (Å²) in [6, 6.07) is 8.77. The van der Waals surface area contributed by atoms with Crippen LogP contribution in [0.25, 0.3) is 0 Å². The number of aryl methyl sites for hydroxylation is 1. The molecule has 0 fully saturated rings. The molecule has 1 atom stereocenters. The number of benzene rings is 1. The van der Waals surface area contributed by atoms with Gasteiger partial charge in [-0.2, -0.15) is 0 Å². The normalized spacial score (nSPS) is 11.9. The Hall–Kier alpha value is -1.88. The van der Waals surface area contributed by atoms with E-state index in [9.17, 15) is 9.59 Å². The lowest BCUT2D eigenvalue weighted by molar-refractivity contribution is -0.142. The lowest BCUT2D eigenvalue weighted by Crippen LogP contribution is -2.41. The standard InChI is InChI=1S/C16H23NO4/c1-2-11-21-12-10-15(18)17-14(16(19)20)9-8-13-6-4-3-5-7-13/h3-7,14H,2,8-12H2,1H3,(H,17,18)(H,19,20). The van der Waals surface area contributed by atoms with Crippen LogP contribution < -0.4 is 5.32 Å². The largest absolute Gasteiger partial charge is 0.480 e. The summed E-state index contributed by atoms with van der Waals surface area (Å²) in [4.78, 5) is 22.9. The number of carbonyl (C=O) groups excluding carboxylic acids is 1. The van der Waals surface area contributed by atoms with Crippen molar-refractivity contribution in [2.75, 3.05) is 13.2 Å². The van der Waals surface area contributed by atoms with Gasteiger partial charge in [-0.25, -0.2) is 4.79 Å². The number of ether oxygens (including phenoxy) is 1. The molecule has 0 aromatic heterocycles. The molecule has 0 aliphatic heterocycles. The van der Waals surface area contributed by atoms with Gasteiger partial charge in [0, 0.05) is 13.0 Å². The van der Waals surface area contributed by atoms with Gasteiger partial charge in [-0.15, -0.1) is 0 Å². The van der Waals surface area contributed by atoms with Gasteiger partial charge >= 0.3 is 5.97 Å². The fourth-order valence-electron chi connectivity index (χ4n) is 1.89. The van der Waals surface area contributed by atoms with Crippen LogP contribution in [0.1, 0.15) is 31.7 Å². The first-order chi connectivity index (χ1) is 10.1. The van der Waals surface area contributed by atoms with E-state index >= 15 is 0 Å². The Morgan fingerprint density at radius 3 is 2.57 bits per heavy atom. The van der Waals surface area contributed by atoms with Crippen LogP contribution in [0.15, 0.2) is 30.3 Å². The molecule has 2 N–H and O–H groups in total. The molecule has 5 heteroatoms. The third-order valence-electron chi connectivity index (χ3n) is 3.02. The molecule has 0 spiro atoms. The van der Waals surface area contributed by atoms with E-state index in [0.29, 0.717) is 26.1 Å². The Bertz CT molecular complexity index is 433. The lowest BCUT2D eigenvalue weighted by Gasteiger charge is -2.14. The van der Waals surface area contributed by atoms with Crippen LogP contribution in [0, 0.1) is 0 Å². The van der Waals surface area contributed by atoms with E-state index < -0.39 is 12.0 Å². The first-order valence-electron chi connectivity index (χ1n) is 7.27. The summed E-state index contributed by atoms with van der Waals surface area (Å²) < 4.78 is 5.22. The number of carboxylic acids is 1. The van der Waals surface area contributed by atoms with Gasteiger partial charge in [0.05, 0.1) is 6.61 Å². The van der Waals surface area contributed by atoms with Gasteiger partial charge in [0.25, 0.3) is 0 Å². The van der Waals surface area contributed by atoms with E-state index in [1.165, 1.54) is 0 Å². The van der Waals surface area contributed by atoms with E-state index in [4.69, 9.17) is 9.84 Å². The fraction of sp³-hybridized carbons (Fsp3) is 0.500. The van der Waals surface area contributed by atoms with Crippen molar-refractivity contribution in [2.24, 2.45) is 0 Å². The molecule has 0 heterocycles. The quantitative estimate of drug-likeness (QED) is 0.647. The van der Waals surface area contributed by atoms with Gasteiger partial charge in [0.2, 0.25) is 5.91 Å². The van der Waals surface area contributed by atoms with E-state index in [2.05, 4.69) is 5.32 Å². The summed E-state index contributed by atoms with van der Waals surface area (Å²) in [6.07, 6.45) is 2.08. The van der Waals surface area contributed by atoms with Crippen molar-refractivity contribution in [2.45, 2.75) is 38.6 Å². The average Bonchev–Trinajstić information content (AvgIpc) is 2.48. The molecule has 116 valence electrons. The molecule has 1 amide bonds. The number of amides is 1. The van der Waals surface area contributed by atoms with Gasteiger partial charge in [-0.1, -0.05) is 37.3 Å². The number of carbonyl (C=O) groups is 2. The maximum Gasteiger partial charge on any atom is 0.326 e. The molecule has 1 unspecified atom stereocenters. The topological polar surface area (TPSA) is 75.6 Å². The number of nitrogens with one attached hydrogen (secondary N) is 1. The number of hydrogen-bond acceptors (Lipinski definition) is 3. The second kappa shape index (κ2) is 9.94. The van der Waals surface area contributed by atoms with Crippen LogP contribution in [-0.4, -0.2) is 36.2 Å². The monoisotopic (exact) mass is 293 g/mol. The highest BCUT2D eigenvalue weighted by Gasteiger charge is 2.19. The third kappa shape index (κ3) is 7.46. The van der Waals surface area contributed by atoms with Gasteiger partial charge < -0.3 is 15.2 Å². The second-order valence-electron chi connectivity index (χ2n) is 4.84. The van der Waals surface area contributed by atoms with Crippen LogP contribution in [0.3, 0.4) is 0 Å². The zero-order chi connectivity index (χ0) is 15.5. The molecule has 0 saturated carbocycles. The Balaban J connectivity index is 2.35. The van der Waals surface area contributed by atoms with Crippen LogP contribution in [0.4, 0.5) is 0 Å². The first kappa shape index (κ1) is 17.2. The Morgan fingerprint density at radius 2 is 1.95 bits per heavy atom. The fourth-order valence-corrected chi connectivity index (χ4v) is 1.89. The molecule has 0 bridgehead atoms. The van der Waals surface area contributed by atoms with E-state index in [-0.39, 0.29) is 12.3 Å². The number of carboxylic acid groups (broad SMARTS) is 1. The SMILES string of the molecule is CCCOCCC(=O)NC(CCc1ccccc1)C(=O)O. The zero-order valence-electron chi connectivity index (χ0n) is 12.4. The molecular weight excluding hydrogens is 270 g/mol. The Labute approximate surface area is 125 Å². The van der Waals surface area contributed by atoms with Gasteiger partial charge in [-0.05, 0) is 24.8 Å². The third-order valence-corrected chi connectivity index (χ3v) is 3.02. The minimum atomic E-state index is -1.01. The second-order valence-corrected chi connectivity index (χ2v) is 4.84. The van der Waals surface area contributed by atoms with Crippen LogP contribution in [-0.2, 0) is 20.7 Å². The zero-order valence-corrected chi connectivity index (χ0v) is 12.4. The predicted octanol–water partition coefficient (Wildman–Crippen LogP) is 2.01. The van der Waals surface area contributed by atoms with Crippen molar-refractivity contribution < 1.29 is 19.4 Å². The van der Waals surface area contributed by atoms with Crippen molar-refractivity contribution in [3.05, 3.63) is 35.9 Å². The van der Waals surface area contributed by atoms with Crippen molar-refractivity contribution in [3.63, 3.8) is 0 Å². The number of rotatable bonds is 10. The molecule has 21 heavy (non-hydrogen) atoms. The molecule has 0 radical (unpaired) electrons. The highest BCUT2D eigenvalue weighted by Crippen LogP contribution is 2.05. The van der Waals surface area contributed by atoms with Crippen LogP contribution in [0.5, 0.6) is 0 Å². The van der Waals surface area contributed by atoms with E-state index in [1.54, 1.807) is 0 Å². The molecular formula is C16H23NO4. The molecule has 0 saturated heterocycles. The lowest BCUT2D eigenvalue weighted by atomic mass is 10.1. The predicted molar refractivity (Wildman–Crippen MR) is 80.1 cm³/mol. The Kier molecular flexibility index (Phi) is 8.12. The molecule has 1 aromatic carbocycles. The average molecular weight is 293 g/mol. The smallest absolute Gasteiger partial charge is 0.326 e. The molecule has 0 aliphatic rings. The summed E-state index contributed by atoms with van der Waals surface area (Å²) in [6.45, 7) is 2.93. The number of hydrogen-bond donors (Lipinski definition) is 2. The highest BCUT2D eigenvalue weighted by atomic mass is 16.5. The highest BCUT2D eigenvalue weighted by molar-refractivity contribution is 5.83. The summed E-state index contributed by atoms with van der Waals surface area (Å²) in [5.41, 5.74) is 1.06. The maximum atomic E-state index is 11.7. The summed E-state index contributed by atoms with van der Waals surface area (Å²) >= 11 is 0. The van der Waals surface area contributed by atoms with Gasteiger partial charge in [0.15, 0.2) is 0 Å². The first-order valence-corrected chi connectivity index (χ1v) is 7.27. The molecule has 1 rings (SSSR count).